The zero-order valence-corrected chi connectivity index (χ0v) is 13.0. The summed E-state index contributed by atoms with van der Waals surface area (Å²) < 4.78 is 27.4. The number of hydrogen-bond donors (Lipinski definition) is 3. The molecule has 6 nitrogen and oxygen atoms in total. The summed E-state index contributed by atoms with van der Waals surface area (Å²) in [5, 5.41) is 19.6. The van der Waals surface area contributed by atoms with Gasteiger partial charge in [0.2, 0.25) is 10.0 Å². The van der Waals surface area contributed by atoms with Crippen molar-refractivity contribution in [3.63, 3.8) is 0 Å². The van der Waals surface area contributed by atoms with Gasteiger partial charge in [-0.3, -0.25) is 4.99 Å². The van der Waals surface area contributed by atoms with Crippen LogP contribution in [0.25, 0.3) is 0 Å². The second-order valence-corrected chi connectivity index (χ2v) is 7.89. The second kappa shape index (κ2) is 6.00. The first-order valence-electron chi connectivity index (χ1n) is 7.03. The molecule has 0 radical (unpaired) electrons. The summed E-state index contributed by atoms with van der Waals surface area (Å²) in [4.78, 5) is 4.01. The maximum atomic E-state index is 12.5. The van der Waals surface area contributed by atoms with Crippen LogP contribution in [-0.2, 0) is 10.0 Å². The Labute approximate surface area is 125 Å². The molecule has 3 N–H and O–H groups in total. The third-order valence-electron chi connectivity index (χ3n) is 3.74. The lowest BCUT2D eigenvalue weighted by Gasteiger charge is -2.32. The standard InChI is InChI=1S/C14H22N2O4S/c1-14(2)6-7-15-9-10(8-14)21(19,20)16-11-4-3-5-12(17)13(11)18/h6-9,11-13,16-18H,3-5H2,1-2H3. The summed E-state index contributed by atoms with van der Waals surface area (Å²) in [7, 11) is -3.78. The van der Waals surface area contributed by atoms with Crippen LogP contribution in [0.1, 0.15) is 33.1 Å². The van der Waals surface area contributed by atoms with Gasteiger partial charge in [0.05, 0.1) is 23.2 Å². The Morgan fingerprint density at radius 2 is 2.05 bits per heavy atom. The maximum absolute atomic E-state index is 12.5. The van der Waals surface area contributed by atoms with E-state index in [1.165, 1.54) is 6.21 Å². The fourth-order valence-corrected chi connectivity index (χ4v) is 3.95. The van der Waals surface area contributed by atoms with Crippen LogP contribution in [-0.4, -0.2) is 43.1 Å². The van der Waals surface area contributed by atoms with Crippen molar-refractivity contribution in [2.75, 3.05) is 0 Å². The summed E-state index contributed by atoms with van der Waals surface area (Å²) >= 11 is 0. The quantitative estimate of drug-likeness (QED) is 0.713. The molecule has 3 atom stereocenters. The SMILES string of the molecule is CC1(C)C=CN=CC(S(=O)(=O)NC2CCCC(O)C2O)=C1. The van der Waals surface area contributed by atoms with Crippen LogP contribution >= 0.6 is 0 Å². The van der Waals surface area contributed by atoms with Crippen molar-refractivity contribution in [1.82, 2.24) is 4.72 Å². The molecule has 3 unspecified atom stereocenters. The van der Waals surface area contributed by atoms with E-state index in [0.717, 1.165) is 0 Å². The highest BCUT2D eigenvalue weighted by atomic mass is 32.2. The van der Waals surface area contributed by atoms with Crippen molar-refractivity contribution in [2.24, 2.45) is 10.4 Å². The molecule has 0 bridgehead atoms. The Balaban J connectivity index is 2.20. The lowest BCUT2D eigenvalue weighted by molar-refractivity contribution is -0.0242. The smallest absolute Gasteiger partial charge is 0.242 e. The minimum atomic E-state index is -3.78. The lowest BCUT2D eigenvalue weighted by Crippen LogP contribution is -2.51. The fraction of sp³-hybridized carbons (Fsp3) is 0.643. The predicted molar refractivity (Wildman–Crippen MR) is 81.2 cm³/mol. The third kappa shape index (κ3) is 4.00. The molecule has 0 aromatic rings. The second-order valence-electron chi connectivity index (χ2n) is 6.18. The van der Waals surface area contributed by atoms with Crippen LogP contribution in [0, 0.1) is 5.41 Å². The molecule has 0 saturated heterocycles. The van der Waals surface area contributed by atoms with Crippen molar-refractivity contribution < 1.29 is 18.6 Å². The van der Waals surface area contributed by atoms with Gasteiger partial charge in [-0.1, -0.05) is 26.0 Å². The first-order chi connectivity index (χ1) is 9.71. The van der Waals surface area contributed by atoms with Gasteiger partial charge in [0.25, 0.3) is 0 Å². The molecule has 0 aromatic carbocycles. The lowest BCUT2D eigenvalue weighted by atomic mass is 9.91. The van der Waals surface area contributed by atoms with Crippen molar-refractivity contribution in [3.8, 4) is 0 Å². The Hall–Kier alpha value is -1.02. The Kier molecular flexibility index (Phi) is 4.67. The average molecular weight is 314 g/mol. The number of aliphatic hydroxyl groups excluding tert-OH is 2. The van der Waals surface area contributed by atoms with Gasteiger partial charge in [-0.15, -0.1) is 0 Å². The molecule has 2 aliphatic rings. The fourth-order valence-electron chi connectivity index (χ4n) is 2.50. The van der Waals surface area contributed by atoms with Crippen LogP contribution < -0.4 is 4.72 Å². The van der Waals surface area contributed by atoms with Gasteiger partial charge in [0, 0.05) is 17.8 Å². The van der Waals surface area contributed by atoms with Crippen molar-refractivity contribution in [2.45, 2.75) is 51.4 Å². The average Bonchev–Trinajstić information content (AvgIpc) is 2.56. The molecule has 1 fully saturated rings. The molecule has 2 rings (SSSR count). The summed E-state index contributed by atoms with van der Waals surface area (Å²) in [6.45, 7) is 3.76. The number of aliphatic hydroxyl groups is 2. The van der Waals surface area contributed by atoms with Crippen LogP contribution in [0.15, 0.2) is 28.2 Å². The van der Waals surface area contributed by atoms with Crippen molar-refractivity contribution >= 4 is 16.2 Å². The van der Waals surface area contributed by atoms with E-state index < -0.39 is 33.7 Å². The van der Waals surface area contributed by atoms with E-state index in [1.54, 1.807) is 12.3 Å². The number of nitrogens with zero attached hydrogens (tertiary/aromatic N) is 1. The zero-order chi connectivity index (χ0) is 15.7. The zero-order valence-electron chi connectivity index (χ0n) is 12.2. The number of sulfonamides is 1. The molecular formula is C14H22N2O4S. The van der Waals surface area contributed by atoms with E-state index in [0.29, 0.717) is 19.3 Å². The van der Waals surface area contributed by atoms with E-state index in [2.05, 4.69) is 9.71 Å². The van der Waals surface area contributed by atoms with Gasteiger partial charge in [0.1, 0.15) is 0 Å². The summed E-state index contributed by atoms with van der Waals surface area (Å²) in [5.74, 6) is 0. The molecule has 21 heavy (non-hydrogen) atoms. The monoisotopic (exact) mass is 314 g/mol. The number of allylic oxidation sites excluding steroid dienone is 3. The highest BCUT2D eigenvalue weighted by Gasteiger charge is 2.34. The summed E-state index contributed by atoms with van der Waals surface area (Å²) in [6, 6.07) is -0.674. The van der Waals surface area contributed by atoms with Crippen LogP contribution in [0.5, 0.6) is 0 Å². The summed E-state index contributed by atoms with van der Waals surface area (Å²) in [5.41, 5.74) is -0.425. The molecule has 0 aromatic heterocycles. The molecule has 1 heterocycles. The molecule has 1 aliphatic heterocycles. The van der Waals surface area contributed by atoms with Gasteiger partial charge < -0.3 is 10.2 Å². The van der Waals surface area contributed by atoms with Gasteiger partial charge in [0.15, 0.2) is 0 Å². The van der Waals surface area contributed by atoms with Gasteiger partial charge in [-0.25, -0.2) is 13.1 Å². The Bertz CT molecular complexity index is 578. The highest BCUT2D eigenvalue weighted by molar-refractivity contribution is 7.94. The normalized spacial score (nSPS) is 32.6. The topological polar surface area (TPSA) is 99.0 Å². The van der Waals surface area contributed by atoms with E-state index >= 15 is 0 Å². The number of rotatable bonds is 3. The summed E-state index contributed by atoms with van der Waals surface area (Å²) in [6.07, 6.45) is 5.98. The largest absolute Gasteiger partial charge is 0.390 e. The Morgan fingerprint density at radius 3 is 2.76 bits per heavy atom. The number of nitrogens with one attached hydrogen (secondary N) is 1. The van der Waals surface area contributed by atoms with Crippen molar-refractivity contribution in [3.05, 3.63) is 23.3 Å². The van der Waals surface area contributed by atoms with Gasteiger partial charge in [-0.05, 0) is 19.3 Å². The predicted octanol–water partition coefficient (Wildman–Crippen LogP) is 0.688. The Morgan fingerprint density at radius 1 is 1.33 bits per heavy atom. The number of aliphatic imine (C=N–C) groups is 1. The van der Waals surface area contributed by atoms with Gasteiger partial charge in [-0.2, -0.15) is 0 Å². The van der Waals surface area contributed by atoms with Crippen molar-refractivity contribution in [1.29, 1.82) is 0 Å². The highest BCUT2D eigenvalue weighted by Crippen LogP contribution is 2.26. The maximum Gasteiger partial charge on any atom is 0.242 e. The minimum absolute atomic E-state index is 0.0739. The van der Waals surface area contributed by atoms with E-state index in [1.807, 2.05) is 19.9 Å². The van der Waals surface area contributed by atoms with E-state index in [9.17, 15) is 18.6 Å². The number of hydrogen-bond acceptors (Lipinski definition) is 5. The molecule has 1 aliphatic carbocycles. The van der Waals surface area contributed by atoms with Gasteiger partial charge >= 0.3 is 0 Å². The molecule has 118 valence electrons. The molecular weight excluding hydrogens is 292 g/mol. The van der Waals surface area contributed by atoms with E-state index in [-0.39, 0.29) is 4.91 Å². The molecule has 7 heteroatoms. The molecule has 0 amide bonds. The first-order valence-corrected chi connectivity index (χ1v) is 8.52. The van der Waals surface area contributed by atoms with Crippen LogP contribution in [0.2, 0.25) is 0 Å². The van der Waals surface area contributed by atoms with E-state index in [4.69, 9.17) is 0 Å². The minimum Gasteiger partial charge on any atom is -0.390 e. The third-order valence-corrected chi connectivity index (χ3v) is 5.20. The molecule has 1 saturated carbocycles. The first kappa shape index (κ1) is 16.4. The molecule has 0 spiro atoms. The van der Waals surface area contributed by atoms with Crippen LogP contribution in [0.4, 0.5) is 0 Å². The van der Waals surface area contributed by atoms with Crippen LogP contribution in [0.3, 0.4) is 0 Å².